The highest BCUT2D eigenvalue weighted by molar-refractivity contribution is 6.34. The molecule has 0 aliphatic heterocycles. The summed E-state index contributed by atoms with van der Waals surface area (Å²) < 4.78 is 0. The van der Waals surface area contributed by atoms with Gasteiger partial charge in [0.2, 0.25) is 0 Å². The van der Waals surface area contributed by atoms with E-state index >= 15 is 0 Å². The molecule has 38 heavy (non-hydrogen) atoms. The number of rotatable bonds is 3. The topological polar surface area (TPSA) is 25.8 Å². The molecule has 6 aromatic carbocycles. The zero-order valence-electron chi connectivity index (χ0n) is 20.6. The standard InChI is InChI=1S/C36H22N2/c1-8-25(22-26(9-1)34-15-5-14-33(38-34)23-18-20-37-21-19-23)27-16-17-32-30-11-3-7-24-6-2-10-29(35(24)30)31-13-4-12-28(27)36(31)32/h1-22H. The summed E-state index contributed by atoms with van der Waals surface area (Å²) in [5, 5.41) is 10.5. The third-order valence-electron chi connectivity index (χ3n) is 7.72. The van der Waals surface area contributed by atoms with Crippen molar-refractivity contribution in [2.75, 3.05) is 0 Å². The highest BCUT2D eigenvalue weighted by Gasteiger charge is 2.15. The van der Waals surface area contributed by atoms with E-state index in [0.717, 1.165) is 22.5 Å². The molecule has 0 radical (unpaired) electrons. The number of aromatic nitrogens is 2. The van der Waals surface area contributed by atoms with Crippen molar-refractivity contribution in [1.82, 2.24) is 9.97 Å². The van der Waals surface area contributed by atoms with Crippen LogP contribution < -0.4 is 0 Å². The zero-order valence-corrected chi connectivity index (χ0v) is 20.6. The van der Waals surface area contributed by atoms with E-state index in [1.807, 2.05) is 18.2 Å². The van der Waals surface area contributed by atoms with E-state index in [-0.39, 0.29) is 0 Å². The quantitative estimate of drug-likeness (QED) is 0.185. The maximum Gasteiger partial charge on any atom is 0.0710 e. The van der Waals surface area contributed by atoms with Crippen molar-refractivity contribution < 1.29 is 0 Å². The first-order valence-corrected chi connectivity index (χ1v) is 12.9. The molecule has 0 N–H and O–H groups in total. The van der Waals surface area contributed by atoms with Gasteiger partial charge in [-0.1, -0.05) is 91.0 Å². The minimum atomic E-state index is 0.949. The highest BCUT2D eigenvalue weighted by atomic mass is 14.7. The molecule has 2 heterocycles. The minimum absolute atomic E-state index is 0.949. The first-order chi connectivity index (χ1) is 18.8. The molecule has 2 aromatic heterocycles. The molecular weight excluding hydrogens is 460 g/mol. The summed E-state index contributed by atoms with van der Waals surface area (Å²) in [6, 6.07) is 43.6. The van der Waals surface area contributed by atoms with Crippen LogP contribution in [0.2, 0.25) is 0 Å². The van der Waals surface area contributed by atoms with Gasteiger partial charge in [0.05, 0.1) is 11.4 Å². The van der Waals surface area contributed by atoms with E-state index in [4.69, 9.17) is 4.98 Å². The van der Waals surface area contributed by atoms with Gasteiger partial charge in [0, 0.05) is 23.5 Å². The Morgan fingerprint density at radius 2 is 0.974 bits per heavy atom. The maximum absolute atomic E-state index is 4.98. The third-order valence-corrected chi connectivity index (χ3v) is 7.72. The molecule has 0 unspecified atom stereocenters. The molecule has 2 nitrogen and oxygen atoms in total. The Labute approximate surface area is 220 Å². The second-order valence-corrected chi connectivity index (χ2v) is 9.82. The monoisotopic (exact) mass is 482 g/mol. The van der Waals surface area contributed by atoms with Gasteiger partial charge in [-0.2, -0.15) is 0 Å². The molecule has 0 spiro atoms. The molecule has 0 aliphatic carbocycles. The van der Waals surface area contributed by atoms with Crippen LogP contribution >= 0.6 is 0 Å². The Balaban J connectivity index is 1.34. The lowest BCUT2D eigenvalue weighted by molar-refractivity contribution is 1.29. The van der Waals surface area contributed by atoms with E-state index in [1.54, 1.807) is 12.4 Å². The largest absolute Gasteiger partial charge is 0.265 e. The molecule has 0 saturated heterocycles. The summed E-state index contributed by atoms with van der Waals surface area (Å²) in [6.07, 6.45) is 3.61. The maximum atomic E-state index is 4.98. The average Bonchev–Trinajstić information content (AvgIpc) is 3.00. The lowest BCUT2D eigenvalue weighted by atomic mass is 9.87. The third kappa shape index (κ3) is 3.14. The number of nitrogens with zero attached hydrogens (tertiary/aromatic N) is 2. The fraction of sp³-hybridized carbons (Fsp3) is 0. The van der Waals surface area contributed by atoms with Crippen molar-refractivity contribution in [2.24, 2.45) is 0 Å². The van der Waals surface area contributed by atoms with E-state index in [1.165, 1.54) is 54.2 Å². The van der Waals surface area contributed by atoms with Gasteiger partial charge in [-0.3, -0.25) is 4.98 Å². The first-order valence-electron chi connectivity index (χ1n) is 12.9. The van der Waals surface area contributed by atoms with Crippen LogP contribution in [0.1, 0.15) is 0 Å². The van der Waals surface area contributed by atoms with E-state index in [2.05, 4.69) is 108 Å². The molecular formula is C36H22N2. The molecule has 8 aromatic rings. The summed E-state index contributed by atoms with van der Waals surface area (Å²) in [4.78, 5) is 9.12. The number of hydrogen-bond acceptors (Lipinski definition) is 2. The Kier molecular flexibility index (Phi) is 4.55. The Hall–Kier alpha value is -5.08. The van der Waals surface area contributed by atoms with Gasteiger partial charge in [-0.15, -0.1) is 0 Å². The van der Waals surface area contributed by atoms with Crippen LogP contribution in [0.4, 0.5) is 0 Å². The van der Waals surface area contributed by atoms with Crippen LogP contribution in [0.15, 0.2) is 134 Å². The number of pyridine rings is 2. The van der Waals surface area contributed by atoms with Crippen LogP contribution in [0.5, 0.6) is 0 Å². The van der Waals surface area contributed by atoms with Crippen molar-refractivity contribution in [3.8, 4) is 33.6 Å². The molecule has 0 atom stereocenters. The van der Waals surface area contributed by atoms with Gasteiger partial charge in [0.25, 0.3) is 0 Å². The normalized spacial score (nSPS) is 11.7. The Morgan fingerprint density at radius 1 is 0.395 bits per heavy atom. The molecule has 176 valence electrons. The van der Waals surface area contributed by atoms with Crippen LogP contribution in [-0.4, -0.2) is 9.97 Å². The Bertz CT molecular complexity index is 2080. The molecule has 0 fully saturated rings. The van der Waals surface area contributed by atoms with E-state index < -0.39 is 0 Å². The second kappa shape index (κ2) is 8.22. The smallest absolute Gasteiger partial charge is 0.0710 e. The molecule has 0 aliphatic rings. The van der Waals surface area contributed by atoms with Gasteiger partial charge in [0.1, 0.15) is 0 Å². The summed E-state index contributed by atoms with van der Waals surface area (Å²) in [5.41, 5.74) is 6.52. The average molecular weight is 483 g/mol. The Morgan fingerprint density at radius 3 is 1.76 bits per heavy atom. The van der Waals surface area contributed by atoms with Crippen molar-refractivity contribution in [3.63, 3.8) is 0 Å². The predicted octanol–water partition coefficient (Wildman–Crippen LogP) is 9.53. The van der Waals surface area contributed by atoms with Gasteiger partial charge >= 0.3 is 0 Å². The fourth-order valence-corrected chi connectivity index (χ4v) is 6.02. The lowest BCUT2D eigenvalue weighted by Gasteiger charge is -2.17. The molecule has 2 heteroatoms. The number of fused-ring (bicyclic) bond motifs is 2. The van der Waals surface area contributed by atoms with Crippen LogP contribution in [0.3, 0.4) is 0 Å². The lowest BCUT2D eigenvalue weighted by Crippen LogP contribution is -1.90. The van der Waals surface area contributed by atoms with Gasteiger partial charge in [-0.05, 0) is 84.5 Å². The number of benzene rings is 6. The van der Waals surface area contributed by atoms with E-state index in [9.17, 15) is 0 Å². The molecule has 0 amide bonds. The summed E-state index contributed by atoms with van der Waals surface area (Å²) in [6.45, 7) is 0. The van der Waals surface area contributed by atoms with Crippen LogP contribution in [0.25, 0.3) is 76.7 Å². The molecule has 0 bridgehead atoms. The summed E-state index contributed by atoms with van der Waals surface area (Å²) in [7, 11) is 0. The van der Waals surface area contributed by atoms with Gasteiger partial charge in [0.15, 0.2) is 0 Å². The number of hydrogen-bond donors (Lipinski definition) is 0. The second-order valence-electron chi connectivity index (χ2n) is 9.82. The first kappa shape index (κ1) is 21.0. The van der Waals surface area contributed by atoms with Gasteiger partial charge in [-0.25, -0.2) is 4.98 Å². The van der Waals surface area contributed by atoms with Crippen molar-refractivity contribution >= 4 is 43.1 Å². The fourth-order valence-electron chi connectivity index (χ4n) is 6.02. The van der Waals surface area contributed by atoms with Crippen molar-refractivity contribution in [2.45, 2.75) is 0 Å². The summed E-state index contributed by atoms with van der Waals surface area (Å²) in [5.74, 6) is 0. The van der Waals surface area contributed by atoms with Crippen LogP contribution in [0, 0.1) is 0 Å². The van der Waals surface area contributed by atoms with Gasteiger partial charge < -0.3 is 0 Å². The van der Waals surface area contributed by atoms with E-state index in [0.29, 0.717) is 0 Å². The SMILES string of the molecule is c1cc(-c2cccc(-c3ccncc3)n2)cc(-c2ccc3c4cccc5cccc(c6cccc2c63)c54)c1. The highest BCUT2D eigenvalue weighted by Crippen LogP contribution is 2.43. The van der Waals surface area contributed by atoms with Crippen molar-refractivity contribution in [1.29, 1.82) is 0 Å². The van der Waals surface area contributed by atoms with Crippen molar-refractivity contribution in [3.05, 3.63) is 134 Å². The predicted molar refractivity (Wildman–Crippen MR) is 160 cm³/mol. The zero-order chi connectivity index (χ0) is 25.1. The minimum Gasteiger partial charge on any atom is -0.265 e. The summed E-state index contributed by atoms with van der Waals surface area (Å²) >= 11 is 0. The molecule has 0 saturated carbocycles. The van der Waals surface area contributed by atoms with Crippen LogP contribution in [-0.2, 0) is 0 Å². The molecule has 8 rings (SSSR count).